The first kappa shape index (κ1) is 9.93. The highest BCUT2D eigenvalue weighted by Gasteiger charge is 2.16. The number of nitrogens with zero attached hydrogens (tertiary/aromatic N) is 2. The SMILES string of the molecule is Brc1nnc(SC2CCCCC2)s1. The van der Waals surface area contributed by atoms with Crippen molar-refractivity contribution in [1.82, 2.24) is 10.2 Å². The van der Waals surface area contributed by atoms with E-state index in [9.17, 15) is 0 Å². The van der Waals surface area contributed by atoms with Gasteiger partial charge in [-0.1, -0.05) is 42.4 Å². The van der Waals surface area contributed by atoms with Crippen LogP contribution in [0.1, 0.15) is 32.1 Å². The van der Waals surface area contributed by atoms with Gasteiger partial charge >= 0.3 is 0 Å². The summed E-state index contributed by atoms with van der Waals surface area (Å²) < 4.78 is 2.00. The molecule has 1 aliphatic rings. The highest BCUT2D eigenvalue weighted by atomic mass is 79.9. The van der Waals surface area contributed by atoms with E-state index < -0.39 is 0 Å². The van der Waals surface area contributed by atoms with Crippen LogP contribution in [0.25, 0.3) is 0 Å². The molecule has 1 aromatic heterocycles. The second-order valence-corrected chi connectivity index (χ2v) is 7.00. The molecular weight excluding hydrogens is 268 g/mol. The number of thioether (sulfide) groups is 1. The lowest BCUT2D eigenvalue weighted by Gasteiger charge is -2.19. The van der Waals surface area contributed by atoms with Crippen LogP contribution in [0.3, 0.4) is 0 Å². The van der Waals surface area contributed by atoms with Crippen LogP contribution in [0.2, 0.25) is 0 Å². The van der Waals surface area contributed by atoms with Crippen molar-refractivity contribution in [2.24, 2.45) is 0 Å². The molecule has 1 aromatic rings. The lowest BCUT2D eigenvalue weighted by molar-refractivity contribution is 0.516. The molecule has 0 unspecified atom stereocenters. The van der Waals surface area contributed by atoms with Gasteiger partial charge in [-0.3, -0.25) is 0 Å². The van der Waals surface area contributed by atoms with Gasteiger partial charge in [0.15, 0.2) is 8.26 Å². The van der Waals surface area contributed by atoms with E-state index in [0.717, 1.165) is 13.5 Å². The summed E-state index contributed by atoms with van der Waals surface area (Å²) >= 11 is 6.87. The van der Waals surface area contributed by atoms with Gasteiger partial charge in [-0.2, -0.15) is 0 Å². The zero-order valence-corrected chi connectivity index (χ0v) is 10.4. The van der Waals surface area contributed by atoms with E-state index in [4.69, 9.17) is 0 Å². The maximum atomic E-state index is 4.09. The Bertz CT molecular complexity index is 271. The maximum absolute atomic E-state index is 4.09. The molecular formula is C8H11BrN2S2. The highest BCUT2D eigenvalue weighted by Crippen LogP contribution is 2.35. The van der Waals surface area contributed by atoms with E-state index in [0.29, 0.717) is 0 Å². The molecule has 1 fully saturated rings. The van der Waals surface area contributed by atoms with E-state index in [1.54, 1.807) is 11.3 Å². The van der Waals surface area contributed by atoms with E-state index in [1.807, 2.05) is 11.8 Å². The Labute approximate surface area is 94.7 Å². The van der Waals surface area contributed by atoms with Gasteiger partial charge in [0.05, 0.1) is 0 Å². The van der Waals surface area contributed by atoms with Crippen molar-refractivity contribution in [2.45, 2.75) is 41.7 Å². The average molecular weight is 279 g/mol. The molecule has 0 N–H and O–H groups in total. The van der Waals surface area contributed by atoms with Gasteiger partial charge < -0.3 is 0 Å². The number of rotatable bonds is 2. The minimum absolute atomic E-state index is 0.786. The first-order valence-corrected chi connectivity index (χ1v) is 6.99. The predicted molar refractivity (Wildman–Crippen MR) is 60.3 cm³/mol. The standard InChI is InChI=1S/C8H11BrN2S2/c9-7-10-11-8(13-7)12-6-4-2-1-3-5-6/h6H,1-5H2. The van der Waals surface area contributed by atoms with Crippen molar-refractivity contribution in [2.75, 3.05) is 0 Å². The zero-order chi connectivity index (χ0) is 9.10. The van der Waals surface area contributed by atoms with E-state index in [-0.39, 0.29) is 0 Å². The van der Waals surface area contributed by atoms with Crippen molar-refractivity contribution >= 4 is 39.0 Å². The quantitative estimate of drug-likeness (QED) is 0.825. The van der Waals surface area contributed by atoms with Crippen molar-refractivity contribution in [3.8, 4) is 0 Å². The van der Waals surface area contributed by atoms with Gasteiger partial charge in [-0.05, 0) is 28.8 Å². The van der Waals surface area contributed by atoms with Gasteiger partial charge in [0.1, 0.15) is 0 Å². The summed E-state index contributed by atoms with van der Waals surface area (Å²) in [6.07, 6.45) is 6.88. The lowest BCUT2D eigenvalue weighted by Crippen LogP contribution is -2.07. The summed E-state index contributed by atoms with van der Waals surface area (Å²) in [7, 11) is 0. The normalized spacial score (nSPS) is 19.2. The fourth-order valence-electron chi connectivity index (χ4n) is 1.57. The Balaban J connectivity index is 1.89. The fourth-order valence-corrected chi connectivity index (χ4v) is 4.51. The smallest absolute Gasteiger partial charge is 0.131 e. The average Bonchev–Trinajstić information content (AvgIpc) is 2.53. The van der Waals surface area contributed by atoms with Crippen LogP contribution in [-0.2, 0) is 0 Å². The van der Waals surface area contributed by atoms with Crippen LogP contribution in [-0.4, -0.2) is 15.4 Å². The van der Waals surface area contributed by atoms with Crippen LogP contribution < -0.4 is 0 Å². The minimum Gasteiger partial charge on any atom is -0.131 e. The molecule has 13 heavy (non-hydrogen) atoms. The number of halogens is 1. The van der Waals surface area contributed by atoms with Gasteiger partial charge in [0.25, 0.3) is 0 Å². The first-order chi connectivity index (χ1) is 6.34. The summed E-state index contributed by atoms with van der Waals surface area (Å²) in [5.41, 5.74) is 0. The molecule has 2 rings (SSSR count). The van der Waals surface area contributed by atoms with Gasteiger partial charge in [0.2, 0.25) is 0 Å². The number of hydrogen-bond donors (Lipinski definition) is 0. The Morgan fingerprint density at radius 1 is 1.23 bits per heavy atom. The van der Waals surface area contributed by atoms with Crippen molar-refractivity contribution in [3.63, 3.8) is 0 Å². The molecule has 1 saturated carbocycles. The van der Waals surface area contributed by atoms with Crippen LogP contribution in [0.15, 0.2) is 8.26 Å². The number of aromatic nitrogens is 2. The molecule has 1 heterocycles. The second-order valence-electron chi connectivity index (χ2n) is 3.20. The summed E-state index contributed by atoms with van der Waals surface area (Å²) in [6, 6.07) is 0. The van der Waals surface area contributed by atoms with Gasteiger partial charge in [0, 0.05) is 5.25 Å². The van der Waals surface area contributed by atoms with Crippen LogP contribution in [0.4, 0.5) is 0 Å². The van der Waals surface area contributed by atoms with Crippen LogP contribution in [0.5, 0.6) is 0 Å². The third kappa shape index (κ3) is 2.92. The monoisotopic (exact) mass is 278 g/mol. The Morgan fingerprint density at radius 2 is 2.00 bits per heavy atom. The molecule has 0 aromatic carbocycles. The second kappa shape index (κ2) is 4.75. The zero-order valence-electron chi connectivity index (χ0n) is 7.20. The molecule has 0 spiro atoms. The van der Waals surface area contributed by atoms with Gasteiger partial charge in [-0.25, -0.2) is 0 Å². The van der Waals surface area contributed by atoms with Crippen molar-refractivity contribution in [3.05, 3.63) is 3.92 Å². The van der Waals surface area contributed by atoms with Crippen LogP contribution in [0, 0.1) is 0 Å². The molecule has 2 nitrogen and oxygen atoms in total. The Hall–Kier alpha value is 0.390. The van der Waals surface area contributed by atoms with Crippen LogP contribution >= 0.6 is 39.0 Å². The first-order valence-electron chi connectivity index (χ1n) is 4.50. The summed E-state index contributed by atoms with van der Waals surface area (Å²) in [5.74, 6) is 0. The summed E-state index contributed by atoms with van der Waals surface area (Å²) in [4.78, 5) is 0. The molecule has 0 aliphatic heterocycles. The molecule has 0 atom stereocenters. The topological polar surface area (TPSA) is 25.8 Å². The minimum atomic E-state index is 0.786. The molecule has 1 aliphatic carbocycles. The Morgan fingerprint density at radius 3 is 2.62 bits per heavy atom. The molecule has 0 radical (unpaired) electrons. The summed E-state index contributed by atoms with van der Waals surface area (Å²) in [6.45, 7) is 0. The largest absolute Gasteiger partial charge is 0.184 e. The lowest BCUT2D eigenvalue weighted by atomic mass is 10.0. The highest BCUT2D eigenvalue weighted by molar-refractivity contribution is 9.11. The molecule has 0 bridgehead atoms. The fraction of sp³-hybridized carbons (Fsp3) is 0.750. The van der Waals surface area contributed by atoms with Crippen molar-refractivity contribution < 1.29 is 0 Å². The Kier molecular flexibility index (Phi) is 3.63. The third-order valence-electron chi connectivity index (χ3n) is 2.20. The van der Waals surface area contributed by atoms with E-state index >= 15 is 0 Å². The maximum Gasteiger partial charge on any atom is 0.184 e. The van der Waals surface area contributed by atoms with E-state index in [2.05, 4.69) is 26.1 Å². The van der Waals surface area contributed by atoms with Gasteiger partial charge in [-0.15, -0.1) is 10.2 Å². The molecule has 0 saturated heterocycles. The molecule has 0 amide bonds. The molecule has 72 valence electrons. The third-order valence-corrected chi connectivity index (χ3v) is 4.98. The van der Waals surface area contributed by atoms with E-state index in [1.165, 1.54) is 32.1 Å². The predicted octanol–water partition coefficient (Wildman–Crippen LogP) is 3.73. The molecule has 5 heteroatoms. The summed E-state index contributed by atoms with van der Waals surface area (Å²) in [5, 5.41) is 8.83. The van der Waals surface area contributed by atoms with Crippen molar-refractivity contribution in [1.29, 1.82) is 0 Å². The number of hydrogen-bond acceptors (Lipinski definition) is 4.